The van der Waals surface area contributed by atoms with Gasteiger partial charge in [0.1, 0.15) is 19.2 Å². The van der Waals surface area contributed by atoms with Crippen LogP contribution >= 0.6 is 0 Å². The van der Waals surface area contributed by atoms with Gasteiger partial charge in [-0.05, 0) is 22.3 Å². The van der Waals surface area contributed by atoms with Crippen LogP contribution in [0.25, 0.3) is 11.1 Å². The molecule has 1 aliphatic rings. The Hall–Kier alpha value is -3.88. The first kappa shape index (κ1) is 21.8. The Morgan fingerprint density at radius 2 is 1.55 bits per heavy atom. The van der Waals surface area contributed by atoms with E-state index in [1.54, 1.807) is 0 Å². The second-order valence-corrected chi connectivity index (χ2v) is 7.14. The highest BCUT2D eigenvalue weighted by atomic mass is 16.5. The van der Waals surface area contributed by atoms with E-state index in [1.807, 2.05) is 48.5 Å². The zero-order valence-corrected chi connectivity index (χ0v) is 16.8. The molecule has 0 aromatic heterocycles. The number of alkyl carbamates (subject to hydrolysis) is 1. The Balaban J connectivity index is 1.57. The number of carbonyl (C=O) groups is 4. The van der Waals surface area contributed by atoms with Gasteiger partial charge in [0, 0.05) is 13.0 Å². The van der Waals surface area contributed by atoms with Crippen molar-refractivity contribution in [3.63, 3.8) is 0 Å². The molecule has 0 heterocycles. The molecule has 0 bridgehead atoms. The van der Waals surface area contributed by atoms with Crippen molar-refractivity contribution in [2.45, 2.75) is 18.4 Å². The largest absolute Gasteiger partial charge is 0.481 e. The van der Waals surface area contributed by atoms with E-state index in [2.05, 4.69) is 5.32 Å². The van der Waals surface area contributed by atoms with E-state index in [-0.39, 0.29) is 12.5 Å². The van der Waals surface area contributed by atoms with Gasteiger partial charge < -0.3 is 25.2 Å². The molecule has 0 saturated carbocycles. The number of benzene rings is 2. The molecule has 0 radical (unpaired) electrons. The summed E-state index contributed by atoms with van der Waals surface area (Å²) in [5.74, 6) is -3.68. The molecule has 0 fully saturated rings. The topological polar surface area (TPSA) is 133 Å². The minimum Gasteiger partial charge on any atom is -0.481 e. The summed E-state index contributed by atoms with van der Waals surface area (Å²) in [7, 11) is 1.17. The molecule has 0 aliphatic heterocycles. The average molecular weight is 426 g/mol. The molecule has 0 spiro atoms. The lowest BCUT2D eigenvalue weighted by atomic mass is 9.98. The van der Waals surface area contributed by atoms with Gasteiger partial charge in [0.2, 0.25) is 5.91 Å². The Morgan fingerprint density at radius 1 is 1.00 bits per heavy atom. The molecule has 2 aromatic carbocycles. The number of nitrogens with one attached hydrogen (secondary N) is 1. The van der Waals surface area contributed by atoms with Gasteiger partial charge in [0.25, 0.3) is 0 Å². The predicted octanol–water partition coefficient (Wildman–Crippen LogP) is 1.91. The quantitative estimate of drug-likeness (QED) is 0.587. The third-order valence-corrected chi connectivity index (χ3v) is 5.24. The molecule has 1 aliphatic carbocycles. The fourth-order valence-corrected chi connectivity index (χ4v) is 3.65. The normalized spacial score (nSPS) is 12.9. The molecule has 31 heavy (non-hydrogen) atoms. The summed E-state index contributed by atoms with van der Waals surface area (Å²) in [6.07, 6.45) is -1.57. The highest BCUT2D eigenvalue weighted by Gasteiger charge is 2.30. The van der Waals surface area contributed by atoms with Gasteiger partial charge >= 0.3 is 18.0 Å². The number of hydrogen-bond donors (Lipinski definition) is 3. The minimum absolute atomic E-state index is 0.0701. The van der Waals surface area contributed by atoms with Crippen molar-refractivity contribution < 1.29 is 34.1 Å². The first-order valence-electron chi connectivity index (χ1n) is 9.58. The van der Waals surface area contributed by atoms with Gasteiger partial charge in [0.15, 0.2) is 0 Å². The summed E-state index contributed by atoms with van der Waals surface area (Å²) in [6, 6.07) is 14.2. The number of amides is 2. The lowest BCUT2D eigenvalue weighted by Crippen LogP contribution is -2.47. The van der Waals surface area contributed by atoms with Crippen LogP contribution in [0.1, 0.15) is 23.5 Å². The molecular weight excluding hydrogens is 404 g/mol. The number of likely N-dealkylation sites (N-methyl/N-ethyl adjacent to an activating group) is 1. The Kier molecular flexibility index (Phi) is 6.54. The maximum absolute atomic E-state index is 12.2. The van der Waals surface area contributed by atoms with Crippen molar-refractivity contribution >= 4 is 23.9 Å². The maximum atomic E-state index is 12.2. The molecule has 1 atom stereocenters. The smallest absolute Gasteiger partial charge is 0.407 e. The highest BCUT2D eigenvalue weighted by Crippen LogP contribution is 2.44. The molecule has 3 rings (SSSR count). The monoisotopic (exact) mass is 426 g/mol. The predicted molar refractivity (Wildman–Crippen MR) is 110 cm³/mol. The van der Waals surface area contributed by atoms with Crippen LogP contribution in [0.3, 0.4) is 0 Å². The van der Waals surface area contributed by atoms with Gasteiger partial charge in [-0.1, -0.05) is 48.5 Å². The number of carboxylic acids is 2. The van der Waals surface area contributed by atoms with Crippen LogP contribution in [-0.4, -0.2) is 65.3 Å². The van der Waals surface area contributed by atoms with Gasteiger partial charge in [0.05, 0.1) is 6.42 Å². The second kappa shape index (κ2) is 9.29. The summed E-state index contributed by atoms with van der Waals surface area (Å²) in [6.45, 7) is -0.447. The van der Waals surface area contributed by atoms with Gasteiger partial charge in [-0.2, -0.15) is 0 Å². The summed E-state index contributed by atoms with van der Waals surface area (Å²) in [4.78, 5) is 47.1. The van der Waals surface area contributed by atoms with E-state index >= 15 is 0 Å². The van der Waals surface area contributed by atoms with Crippen LogP contribution in [0.15, 0.2) is 48.5 Å². The van der Waals surface area contributed by atoms with Gasteiger partial charge in [-0.15, -0.1) is 0 Å². The van der Waals surface area contributed by atoms with Crippen molar-refractivity contribution in [2.24, 2.45) is 0 Å². The minimum atomic E-state index is -1.53. The molecule has 9 heteroatoms. The van der Waals surface area contributed by atoms with Crippen LogP contribution in [-0.2, 0) is 19.1 Å². The zero-order chi connectivity index (χ0) is 22.5. The molecule has 3 N–H and O–H groups in total. The summed E-state index contributed by atoms with van der Waals surface area (Å²) >= 11 is 0. The fraction of sp³-hybridized carbons (Fsp3) is 0.273. The fourth-order valence-electron chi connectivity index (χ4n) is 3.65. The van der Waals surface area contributed by atoms with Crippen molar-refractivity contribution in [1.29, 1.82) is 0 Å². The number of aliphatic carboxylic acids is 2. The van der Waals surface area contributed by atoms with Crippen LogP contribution in [0.4, 0.5) is 4.79 Å². The maximum Gasteiger partial charge on any atom is 0.407 e. The van der Waals surface area contributed by atoms with Crippen molar-refractivity contribution in [3.05, 3.63) is 59.7 Å². The molecule has 2 aromatic rings. The molecular formula is C22H22N2O7. The van der Waals surface area contributed by atoms with E-state index in [4.69, 9.17) is 14.9 Å². The SMILES string of the molecule is CN(C(=O)CNC(=O)OCC1c2ccccc2-c2ccccc21)[C@@H](CC(=O)O)C(=O)O. The van der Waals surface area contributed by atoms with E-state index < -0.39 is 42.9 Å². The molecule has 0 saturated heterocycles. The number of ether oxygens (including phenoxy) is 1. The Bertz CT molecular complexity index is 975. The van der Waals surface area contributed by atoms with Crippen molar-refractivity contribution in [1.82, 2.24) is 10.2 Å². The first-order chi connectivity index (χ1) is 14.8. The molecule has 9 nitrogen and oxygen atoms in total. The van der Waals surface area contributed by atoms with Gasteiger partial charge in [-0.3, -0.25) is 9.59 Å². The third kappa shape index (κ3) is 4.82. The van der Waals surface area contributed by atoms with E-state index in [9.17, 15) is 19.2 Å². The summed E-state index contributed by atoms with van der Waals surface area (Å²) in [5.41, 5.74) is 4.26. The van der Waals surface area contributed by atoms with E-state index in [0.717, 1.165) is 27.2 Å². The van der Waals surface area contributed by atoms with Crippen LogP contribution in [0.2, 0.25) is 0 Å². The standard InChI is InChI=1S/C22H22N2O7/c1-24(18(21(28)29)10-20(26)27)19(25)11-23-22(30)31-12-17-15-8-4-2-6-13(15)14-7-3-5-9-16(14)17/h2-9,17-18H,10-12H2,1H3,(H,23,30)(H,26,27)(H,28,29)/t18-/m0/s1. The molecule has 2 amide bonds. The van der Waals surface area contributed by atoms with Crippen LogP contribution < -0.4 is 5.32 Å². The molecule has 162 valence electrons. The van der Waals surface area contributed by atoms with Crippen LogP contribution in [0, 0.1) is 0 Å². The van der Waals surface area contributed by atoms with Crippen LogP contribution in [0.5, 0.6) is 0 Å². The zero-order valence-electron chi connectivity index (χ0n) is 16.8. The first-order valence-corrected chi connectivity index (χ1v) is 9.58. The highest BCUT2D eigenvalue weighted by molar-refractivity contribution is 5.88. The number of carbonyl (C=O) groups excluding carboxylic acids is 2. The molecule has 0 unspecified atom stereocenters. The number of fused-ring (bicyclic) bond motifs is 3. The number of carboxylic acid groups (broad SMARTS) is 2. The van der Waals surface area contributed by atoms with Gasteiger partial charge in [-0.25, -0.2) is 9.59 Å². The lowest BCUT2D eigenvalue weighted by molar-refractivity contribution is -0.153. The van der Waals surface area contributed by atoms with Crippen molar-refractivity contribution in [2.75, 3.05) is 20.2 Å². The summed E-state index contributed by atoms with van der Waals surface area (Å²) in [5, 5.41) is 20.2. The lowest BCUT2D eigenvalue weighted by Gasteiger charge is -2.23. The second-order valence-electron chi connectivity index (χ2n) is 7.14. The number of nitrogens with zero attached hydrogens (tertiary/aromatic N) is 1. The van der Waals surface area contributed by atoms with E-state index in [0.29, 0.717) is 0 Å². The van der Waals surface area contributed by atoms with Crippen molar-refractivity contribution in [3.8, 4) is 11.1 Å². The third-order valence-electron chi connectivity index (χ3n) is 5.24. The van der Waals surface area contributed by atoms with E-state index in [1.165, 1.54) is 7.05 Å². The summed E-state index contributed by atoms with van der Waals surface area (Å²) < 4.78 is 5.31. The average Bonchev–Trinajstić information content (AvgIpc) is 3.07. The number of hydrogen-bond acceptors (Lipinski definition) is 5. The Morgan fingerprint density at radius 3 is 2.06 bits per heavy atom. The number of rotatable bonds is 8. The Labute approximate surface area is 178 Å².